The highest BCUT2D eigenvalue weighted by Crippen LogP contribution is 2.37. The van der Waals surface area contributed by atoms with Crippen LogP contribution in [0.5, 0.6) is 11.5 Å². The van der Waals surface area contributed by atoms with Gasteiger partial charge in [-0.25, -0.2) is 5.43 Å². The number of amides is 1. The standard InChI is InChI=1S/C24H22BrN3O6/c1-2-33-21-13-17(14-26-27-24(30)22(29)18-6-4-3-5-7-18)12-20(25)23(21)34-15-16-8-10-19(11-9-16)28(31)32/h3-14,22,29H,2,15H2,1H3,(H,27,30)/b26-14-/t22-/m0/s1. The lowest BCUT2D eigenvalue weighted by Crippen LogP contribution is -2.25. The first kappa shape index (κ1) is 24.9. The van der Waals surface area contributed by atoms with E-state index < -0.39 is 16.9 Å². The SMILES string of the molecule is CCOc1cc(/C=N\NC(=O)[C@@H](O)c2ccccc2)cc(Br)c1OCc1ccc([N+](=O)[O-])cc1. The number of nitro groups is 1. The van der Waals surface area contributed by atoms with E-state index in [-0.39, 0.29) is 12.3 Å². The van der Waals surface area contributed by atoms with Crippen molar-refractivity contribution in [2.75, 3.05) is 6.61 Å². The molecule has 3 aromatic rings. The first-order chi connectivity index (χ1) is 16.4. The van der Waals surface area contributed by atoms with Crippen molar-refractivity contribution in [3.63, 3.8) is 0 Å². The molecule has 34 heavy (non-hydrogen) atoms. The summed E-state index contributed by atoms with van der Waals surface area (Å²) in [6, 6.07) is 18.1. The van der Waals surface area contributed by atoms with Gasteiger partial charge < -0.3 is 14.6 Å². The molecule has 0 aliphatic heterocycles. The molecule has 3 rings (SSSR count). The number of hydrazone groups is 1. The molecule has 0 saturated carbocycles. The van der Waals surface area contributed by atoms with Crippen LogP contribution in [0, 0.1) is 10.1 Å². The number of hydrogen-bond donors (Lipinski definition) is 2. The zero-order chi connectivity index (χ0) is 24.5. The molecule has 0 saturated heterocycles. The molecule has 0 spiro atoms. The van der Waals surface area contributed by atoms with E-state index in [1.807, 2.05) is 6.92 Å². The molecular formula is C24H22BrN3O6. The van der Waals surface area contributed by atoms with Crippen LogP contribution in [-0.4, -0.2) is 28.8 Å². The van der Waals surface area contributed by atoms with Crippen LogP contribution in [0.3, 0.4) is 0 Å². The molecule has 0 aliphatic carbocycles. The van der Waals surface area contributed by atoms with Crippen molar-refractivity contribution in [3.05, 3.63) is 98.0 Å². The van der Waals surface area contributed by atoms with Crippen molar-refractivity contribution < 1.29 is 24.3 Å². The molecule has 0 aromatic heterocycles. The number of non-ortho nitro benzene ring substituents is 1. The van der Waals surface area contributed by atoms with Gasteiger partial charge in [-0.05, 0) is 63.8 Å². The summed E-state index contributed by atoms with van der Waals surface area (Å²) >= 11 is 3.46. The van der Waals surface area contributed by atoms with Gasteiger partial charge in [0, 0.05) is 12.1 Å². The fraction of sp³-hybridized carbons (Fsp3) is 0.167. The van der Waals surface area contributed by atoms with E-state index in [1.54, 1.807) is 54.6 Å². The second-order valence-electron chi connectivity index (χ2n) is 7.02. The maximum absolute atomic E-state index is 12.1. The van der Waals surface area contributed by atoms with E-state index in [1.165, 1.54) is 18.3 Å². The molecule has 0 aliphatic rings. The fourth-order valence-corrected chi connectivity index (χ4v) is 3.53. The first-order valence-corrected chi connectivity index (χ1v) is 11.1. The predicted molar refractivity (Wildman–Crippen MR) is 130 cm³/mol. The lowest BCUT2D eigenvalue weighted by Gasteiger charge is -2.14. The van der Waals surface area contributed by atoms with Crippen LogP contribution < -0.4 is 14.9 Å². The Bertz CT molecular complexity index is 1170. The summed E-state index contributed by atoms with van der Waals surface area (Å²) in [6.45, 7) is 2.40. The third-order valence-corrected chi connectivity index (χ3v) is 5.20. The van der Waals surface area contributed by atoms with E-state index in [4.69, 9.17) is 9.47 Å². The fourth-order valence-electron chi connectivity index (χ4n) is 2.95. The van der Waals surface area contributed by atoms with E-state index in [0.717, 1.165) is 5.56 Å². The van der Waals surface area contributed by atoms with Gasteiger partial charge in [0.1, 0.15) is 6.61 Å². The van der Waals surface area contributed by atoms with E-state index in [2.05, 4.69) is 26.5 Å². The Labute approximate surface area is 204 Å². The molecule has 0 heterocycles. The summed E-state index contributed by atoms with van der Waals surface area (Å²) in [5, 5.41) is 24.8. The average molecular weight is 528 g/mol. The zero-order valence-corrected chi connectivity index (χ0v) is 19.8. The van der Waals surface area contributed by atoms with Crippen LogP contribution in [0.15, 0.2) is 76.3 Å². The molecule has 0 unspecified atom stereocenters. The summed E-state index contributed by atoms with van der Waals surface area (Å²) in [4.78, 5) is 22.5. The Morgan fingerprint density at radius 1 is 1.18 bits per heavy atom. The van der Waals surface area contributed by atoms with Crippen molar-refractivity contribution in [2.24, 2.45) is 5.10 Å². The van der Waals surface area contributed by atoms with Gasteiger partial charge in [0.05, 0.1) is 22.2 Å². The van der Waals surface area contributed by atoms with Crippen molar-refractivity contribution in [1.29, 1.82) is 0 Å². The Kier molecular flexibility index (Phi) is 8.72. The van der Waals surface area contributed by atoms with E-state index in [9.17, 15) is 20.0 Å². The van der Waals surface area contributed by atoms with Crippen LogP contribution in [0.4, 0.5) is 5.69 Å². The third kappa shape index (κ3) is 6.63. The number of rotatable bonds is 10. The Morgan fingerprint density at radius 2 is 1.88 bits per heavy atom. The van der Waals surface area contributed by atoms with Crippen molar-refractivity contribution in [3.8, 4) is 11.5 Å². The van der Waals surface area contributed by atoms with E-state index in [0.29, 0.717) is 33.7 Å². The monoisotopic (exact) mass is 527 g/mol. The number of nitrogens with one attached hydrogen (secondary N) is 1. The highest BCUT2D eigenvalue weighted by Gasteiger charge is 2.16. The number of hydrogen-bond acceptors (Lipinski definition) is 7. The average Bonchev–Trinajstić information content (AvgIpc) is 2.84. The highest BCUT2D eigenvalue weighted by molar-refractivity contribution is 9.10. The normalized spacial score (nSPS) is 11.7. The van der Waals surface area contributed by atoms with Crippen LogP contribution >= 0.6 is 15.9 Å². The molecule has 1 amide bonds. The molecule has 0 radical (unpaired) electrons. The van der Waals surface area contributed by atoms with Gasteiger partial charge in [-0.15, -0.1) is 0 Å². The summed E-state index contributed by atoms with van der Waals surface area (Å²) in [7, 11) is 0. The third-order valence-electron chi connectivity index (χ3n) is 4.61. The topological polar surface area (TPSA) is 123 Å². The quantitative estimate of drug-likeness (QED) is 0.227. The van der Waals surface area contributed by atoms with Gasteiger partial charge in [0.15, 0.2) is 17.6 Å². The summed E-state index contributed by atoms with van der Waals surface area (Å²) < 4.78 is 12.2. The smallest absolute Gasteiger partial charge is 0.273 e. The summed E-state index contributed by atoms with van der Waals surface area (Å²) in [5.74, 6) is 0.256. The predicted octanol–water partition coefficient (Wildman–Crippen LogP) is 4.52. The molecule has 2 N–H and O–H groups in total. The van der Waals surface area contributed by atoms with Crippen LogP contribution in [0.25, 0.3) is 0 Å². The largest absolute Gasteiger partial charge is 0.490 e. The second kappa shape index (κ2) is 11.9. The minimum atomic E-state index is -1.33. The second-order valence-corrected chi connectivity index (χ2v) is 7.88. The Hall–Kier alpha value is -3.76. The van der Waals surface area contributed by atoms with Gasteiger partial charge in [-0.1, -0.05) is 30.3 Å². The number of aliphatic hydroxyl groups excluding tert-OH is 1. The van der Waals surface area contributed by atoms with Crippen molar-refractivity contribution in [2.45, 2.75) is 19.6 Å². The number of halogens is 1. The van der Waals surface area contributed by atoms with Crippen LogP contribution in [0.2, 0.25) is 0 Å². The molecule has 9 nitrogen and oxygen atoms in total. The number of aliphatic hydroxyl groups is 1. The van der Waals surface area contributed by atoms with Crippen molar-refractivity contribution in [1.82, 2.24) is 5.43 Å². The molecular weight excluding hydrogens is 506 g/mol. The highest BCUT2D eigenvalue weighted by atomic mass is 79.9. The number of nitrogens with zero attached hydrogens (tertiary/aromatic N) is 2. The number of benzene rings is 3. The molecule has 3 aromatic carbocycles. The van der Waals surface area contributed by atoms with E-state index >= 15 is 0 Å². The summed E-state index contributed by atoms with van der Waals surface area (Å²) in [5.41, 5.74) is 4.16. The van der Waals surface area contributed by atoms with Gasteiger partial charge in [0.25, 0.3) is 11.6 Å². The Morgan fingerprint density at radius 3 is 2.53 bits per heavy atom. The van der Waals surface area contributed by atoms with Gasteiger partial charge in [-0.3, -0.25) is 14.9 Å². The number of nitro benzene ring substituents is 1. The molecule has 1 atom stereocenters. The number of carbonyl (C=O) groups excluding carboxylic acids is 1. The maximum Gasteiger partial charge on any atom is 0.273 e. The number of ether oxygens (including phenoxy) is 2. The minimum Gasteiger partial charge on any atom is -0.490 e. The molecule has 0 bridgehead atoms. The van der Waals surface area contributed by atoms with Crippen molar-refractivity contribution >= 4 is 33.7 Å². The first-order valence-electron chi connectivity index (χ1n) is 10.3. The van der Waals surface area contributed by atoms with Crippen LogP contribution in [0.1, 0.15) is 29.7 Å². The minimum absolute atomic E-state index is 0.00644. The van der Waals surface area contributed by atoms with Crippen LogP contribution in [-0.2, 0) is 11.4 Å². The maximum atomic E-state index is 12.1. The lowest BCUT2D eigenvalue weighted by molar-refractivity contribution is -0.384. The molecule has 0 fully saturated rings. The Balaban J connectivity index is 1.68. The lowest BCUT2D eigenvalue weighted by atomic mass is 10.1. The van der Waals surface area contributed by atoms with Gasteiger partial charge >= 0.3 is 0 Å². The molecule has 176 valence electrons. The van der Waals surface area contributed by atoms with Gasteiger partial charge in [0.2, 0.25) is 0 Å². The summed E-state index contributed by atoms with van der Waals surface area (Å²) in [6.07, 6.45) is 0.0856. The van der Waals surface area contributed by atoms with Gasteiger partial charge in [-0.2, -0.15) is 5.10 Å². The zero-order valence-electron chi connectivity index (χ0n) is 18.2. The molecule has 10 heteroatoms. The number of carbonyl (C=O) groups is 1.